The molecule has 2 aromatic carbocycles. The van der Waals surface area contributed by atoms with Crippen LogP contribution >= 0.6 is 11.8 Å². The SMILES string of the molecule is CCOc1ccccc1NC(=O)CSc1nc2cc(C)cc(C)c2cc1C. The third-order valence-corrected chi connectivity index (χ3v) is 5.32. The van der Waals surface area contributed by atoms with Gasteiger partial charge in [0.25, 0.3) is 0 Å². The van der Waals surface area contributed by atoms with E-state index in [1.165, 1.54) is 22.9 Å². The standard InChI is InChI=1S/C22H24N2O2S/c1-5-26-20-9-7-6-8-18(20)23-21(25)13-27-22-16(4)12-17-15(3)10-14(2)11-19(17)24-22/h6-12H,5,13H2,1-4H3,(H,23,25). The molecule has 4 nitrogen and oxygen atoms in total. The maximum Gasteiger partial charge on any atom is 0.234 e. The van der Waals surface area contributed by atoms with Gasteiger partial charge in [0.05, 0.1) is 23.6 Å². The zero-order chi connectivity index (χ0) is 19.4. The Kier molecular flexibility index (Phi) is 6.01. The third kappa shape index (κ3) is 4.61. The van der Waals surface area contributed by atoms with Crippen LogP contribution in [-0.2, 0) is 4.79 Å². The number of thioether (sulfide) groups is 1. The highest BCUT2D eigenvalue weighted by Crippen LogP contribution is 2.28. The fourth-order valence-electron chi connectivity index (χ4n) is 3.03. The van der Waals surface area contributed by atoms with Gasteiger partial charge in [-0.05, 0) is 68.7 Å². The first-order chi connectivity index (χ1) is 13.0. The Balaban J connectivity index is 1.73. The predicted molar refractivity (Wildman–Crippen MR) is 113 cm³/mol. The molecule has 1 heterocycles. The molecule has 1 amide bonds. The van der Waals surface area contributed by atoms with Gasteiger partial charge in [0.1, 0.15) is 10.8 Å². The summed E-state index contributed by atoms with van der Waals surface area (Å²) in [5, 5.41) is 4.98. The molecule has 1 aromatic heterocycles. The summed E-state index contributed by atoms with van der Waals surface area (Å²) in [5.74, 6) is 0.906. The van der Waals surface area contributed by atoms with Crippen molar-refractivity contribution in [3.05, 3.63) is 59.2 Å². The van der Waals surface area contributed by atoms with Crippen molar-refractivity contribution in [3.63, 3.8) is 0 Å². The van der Waals surface area contributed by atoms with E-state index in [2.05, 4.69) is 37.4 Å². The van der Waals surface area contributed by atoms with Gasteiger partial charge in [0, 0.05) is 5.39 Å². The number of amides is 1. The Morgan fingerprint density at radius 1 is 1.11 bits per heavy atom. The number of aryl methyl sites for hydroxylation is 3. The van der Waals surface area contributed by atoms with E-state index in [0.29, 0.717) is 23.8 Å². The number of anilines is 1. The number of benzene rings is 2. The van der Waals surface area contributed by atoms with E-state index in [4.69, 9.17) is 9.72 Å². The monoisotopic (exact) mass is 380 g/mol. The molecule has 0 unspecified atom stereocenters. The van der Waals surface area contributed by atoms with E-state index < -0.39 is 0 Å². The number of hydrogen-bond acceptors (Lipinski definition) is 4. The highest BCUT2D eigenvalue weighted by molar-refractivity contribution is 8.00. The van der Waals surface area contributed by atoms with Crippen molar-refractivity contribution in [3.8, 4) is 5.75 Å². The second-order valence-electron chi connectivity index (χ2n) is 6.52. The Morgan fingerprint density at radius 2 is 1.89 bits per heavy atom. The molecular weight excluding hydrogens is 356 g/mol. The van der Waals surface area contributed by atoms with Gasteiger partial charge in [-0.15, -0.1) is 0 Å². The summed E-state index contributed by atoms with van der Waals surface area (Å²) in [5.41, 5.74) is 5.17. The maximum absolute atomic E-state index is 12.4. The lowest BCUT2D eigenvalue weighted by Gasteiger charge is -2.12. The Bertz CT molecular complexity index is 985. The molecule has 0 spiro atoms. The third-order valence-electron chi connectivity index (χ3n) is 4.23. The zero-order valence-electron chi connectivity index (χ0n) is 16.1. The number of hydrogen-bond donors (Lipinski definition) is 1. The Morgan fingerprint density at radius 3 is 2.67 bits per heavy atom. The minimum Gasteiger partial charge on any atom is -0.492 e. The second kappa shape index (κ2) is 8.44. The minimum atomic E-state index is -0.0751. The molecule has 3 rings (SSSR count). The van der Waals surface area contributed by atoms with Crippen LogP contribution in [0.25, 0.3) is 10.9 Å². The van der Waals surface area contributed by atoms with Crippen LogP contribution in [0.4, 0.5) is 5.69 Å². The molecule has 0 aliphatic heterocycles. The molecule has 0 fully saturated rings. The molecule has 0 bridgehead atoms. The number of nitrogens with one attached hydrogen (secondary N) is 1. The molecule has 0 aliphatic rings. The number of rotatable bonds is 6. The van der Waals surface area contributed by atoms with Crippen molar-refractivity contribution >= 4 is 34.3 Å². The second-order valence-corrected chi connectivity index (χ2v) is 7.49. The van der Waals surface area contributed by atoms with E-state index in [-0.39, 0.29) is 5.91 Å². The van der Waals surface area contributed by atoms with Gasteiger partial charge >= 0.3 is 0 Å². The average molecular weight is 381 g/mol. The van der Waals surface area contributed by atoms with Gasteiger partial charge in [-0.25, -0.2) is 4.98 Å². The molecule has 5 heteroatoms. The molecule has 3 aromatic rings. The van der Waals surface area contributed by atoms with Crippen LogP contribution in [-0.4, -0.2) is 23.3 Å². The molecule has 0 saturated heterocycles. The van der Waals surface area contributed by atoms with Crippen LogP contribution in [0.15, 0.2) is 47.5 Å². The van der Waals surface area contributed by atoms with Crippen LogP contribution in [0.2, 0.25) is 0 Å². The first kappa shape index (κ1) is 19.2. The number of nitrogens with zero attached hydrogens (tertiary/aromatic N) is 1. The fourth-order valence-corrected chi connectivity index (χ4v) is 3.82. The molecular formula is C22H24N2O2S. The number of pyridine rings is 1. The molecule has 0 radical (unpaired) electrons. The lowest BCUT2D eigenvalue weighted by molar-refractivity contribution is -0.113. The van der Waals surface area contributed by atoms with E-state index in [1.807, 2.05) is 38.1 Å². The van der Waals surface area contributed by atoms with Crippen molar-refractivity contribution in [2.24, 2.45) is 0 Å². The van der Waals surface area contributed by atoms with Crippen molar-refractivity contribution < 1.29 is 9.53 Å². The Labute approximate surface area is 164 Å². The smallest absolute Gasteiger partial charge is 0.234 e. The molecule has 140 valence electrons. The lowest BCUT2D eigenvalue weighted by atomic mass is 10.1. The summed E-state index contributed by atoms with van der Waals surface area (Å²) < 4.78 is 5.56. The van der Waals surface area contributed by atoms with Gasteiger partial charge in [-0.3, -0.25) is 4.79 Å². The van der Waals surface area contributed by atoms with Crippen LogP contribution in [0.1, 0.15) is 23.6 Å². The van der Waals surface area contributed by atoms with Crippen molar-refractivity contribution in [2.75, 3.05) is 17.7 Å². The number of fused-ring (bicyclic) bond motifs is 1. The van der Waals surface area contributed by atoms with E-state index in [1.54, 1.807) is 0 Å². The summed E-state index contributed by atoms with van der Waals surface area (Å²) in [7, 11) is 0. The predicted octanol–water partition coefficient (Wildman–Crippen LogP) is 5.29. The van der Waals surface area contributed by atoms with Crippen molar-refractivity contribution in [1.82, 2.24) is 4.98 Å². The summed E-state index contributed by atoms with van der Waals surface area (Å²) in [4.78, 5) is 17.2. The van der Waals surface area contributed by atoms with Crippen LogP contribution in [0.3, 0.4) is 0 Å². The zero-order valence-corrected chi connectivity index (χ0v) is 16.9. The van der Waals surface area contributed by atoms with Crippen LogP contribution in [0, 0.1) is 20.8 Å². The molecule has 27 heavy (non-hydrogen) atoms. The minimum absolute atomic E-state index is 0.0751. The first-order valence-electron chi connectivity index (χ1n) is 9.01. The number of carbonyl (C=O) groups excluding carboxylic acids is 1. The largest absolute Gasteiger partial charge is 0.492 e. The van der Waals surface area contributed by atoms with E-state index in [0.717, 1.165) is 21.5 Å². The van der Waals surface area contributed by atoms with E-state index >= 15 is 0 Å². The van der Waals surface area contributed by atoms with Gasteiger partial charge in [0.2, 0.25) is 5.91 Å². The Hall–Kier alpha value is -2.53. The van der Waals surface area contributed by atoms with Crippen LogP contribution in [0.5, 0.6) is 5.75 Å². The first-order valence-corrected chi connectivity index (χ1v) is 9.99. The quantitative estimate of drug-likeness (QED) is 0.590. The van der Waals surface area contributed by atoms with Gasteiger partial charge in [-0.1, -0.05) is 30.0 Å². The summed E-state index contributed by atoms with van der Waals surface area (Å²) in [6.07, 6.45) is 0. The normalized spacial score (nSPS) is 10.8. The van der Waals surface area contributed by atoms with Crippen LogP contribution < -0.4 is 10.1 Å². The average Bonchev–Trinajstić information content (AvgIpc) is 2.62. The highest BCUT2D eigenvalue weighted by atomic mass is 32.2. The van der Waals surface area contributed by atoms with Crippen molar-refractivity contribution in [1.29, 1.82) is 0 Å². The van der Waals surface area contributed by atoms with Crippen molar-refractivity contribution in [2.45, 2.75) is 32.7 Å². The van der Waals surface area contributed by atoms with Gasteiger partial charge in [-0.2, -0.15) is 0 Å². The van der Waals surface area contributed by atoms with E-state index in [9.17, 15) is 4.79 Å². The molecule has 1 N–H and O–H groups in total. The number of carbonyl (C=O) groups is 1. The van der Waals surface area contributed by atoms with Gasteiger partial charge < -0.3 is 10.1 Å². The summed E-state index contributed by atoms with van der Waals surface area (Å²) >= 11 is 1.46. The molecule has 0 aliphatic carbocycles. The molecule has 0 atom stereocenters. The summed E-state index contributed by atoms with van der Waals surface area (Å²) in [6.45, 7) is 8.69. The number of ether oxygens (including phenoxy) is 1. The lowest BCUT2D eigenvalue weighted by Crippen LogP contribution is -2.15. The topological polar surface area (TPSA) is 51.2 Å². The number of para-hydroxylation sites is 2. The maximum atomic E-state index is 12.4. The van der Waals surface area contributed by atoms with Gasteiger partial charge in [0.15, 0.2) is 0 Å². The highest BCUT2D eigenvalue weighted by Gasteiger charge is 2.11. The fraction of sp³-hybridized carbons (Fsp3) is 0.273. The summed E-state index contributed by atoms with van der Waals surface area (Å²) in [6, 6.07) is 13.9. The number of aromatic nitrogens is 1. The molecule has 0 saturated carbocycles.